The van der Waals surface area contributed by atoms with Gasteiger partial charge in [-0.1, -0.05) is 138 Å². The SMILES string of the molecule is CCCCCCCCCCCCCCCC(=O)O[C@H]1CC[C@@]2(C)[C@@H](CC[C@@H]3[C@@H]2CC[C@]2(C)[C@@H]([C@H](C)CC[C@@H](CC)C(C)C)CC[C@@H]32)C1. The minimum absolute atomic E-state index is 0.0913. The Morgan fingerprint density at radius 1 is 0.681 bits per heavy atom. The largest absolute Gasteiger partial charge is 0.462 e. The molecule has 4 aliphatic rings. The van der Waals surface area contributed by atoms with Crippen LogP contribution in [-0.2, 0) is 9.53 Å². The third-order valence-corrected chi connectivity index (χ3v) is 15.6. The van der Waals surface area contributed by atoms with Crippen LogP contribution in [-0.4, -0.2) is 12.1 Å². The van der Waals surface area contributed by atoms with Crippen molar-refractivity contribution < 1.29 is 9.53 Å². The van der Waals surface area contributed by atoms with Crippen molar-refractivity contribution in [1.29, 1.82) is 0 Å². The van der Waals surface area contributed by atoms with E-state index in [1.807, 2.05) is 0 Å². The monoisotopic (exact) mass is 655 g/mol. The highest BCUT2D eigenvalue weighted by Gasteiger charge is 2.60. The molecule has 0 radical (unpaired) electrons. The molecular weight excluding hydrogens is 572 g/mol. The quantitative estimate of drug-likeness (QED) is 0.0909. The van der Waals surface area contributed by atoms with Gasteiger partial charge in [0.15, 0.2) is 0 Å². The van der Waals surface area contributed by atoms with Gasteiger partial charge in [0.2, 0.25) is 0 Å². The van der Waals surface area contributed by atoms with Crippen LogP contribution in [0, 0.1) is 58.2 Å². The van der Waals surface area contributed by atoms with Crippen LogP contribution in [0.4, 0.5) is 0 Å². The first-order valence-corrected chi connectivity index (χ1v) is 21.8. The molecule has 0 aromatic rings. The molecule has 4 fully saturated rings. The summed E-state index contributed by atoms with van der Waals surface area (Å²) in [5.41, 5.74) is 1.04. The van der Waals surface area contributed by atoms with E-state index in [1.54, 1.807) is 0 Å². The van der Waals surface area contributed by atoms with Crippen molar-refractivity contribution in [3.05, 3.63) is 0 Å². The second kappa shape index (κ2) is 19.2. The lowest BCUT2D eigenvalue weighted by Crippen LogP contribution is -2.54. The number of unbranched alkanes of at least 4 members (excludes halogenated alkanes) is 12. The van der Waals surface area contributed by atoms with Gasteiger partial charge in [-0.2, -0.15) is 0 Å². The average Bonchev–Trinajstić information content (AvgIpc) is 3.41. The maximum Gasteiger partial charge on any atom is 0.306 e. The van der Waals surface area contributed by atoms with Crippen molar-refractivity contribution >= 4 is 5.97 Å². The number of fused-ring (bicyclic) bond motifs is 5. The number of hydrogen-bond donors (Lipinski definition) is 0. The number of carbonyl (C=O) groups is 1. The topological polar surface area (TPSA) is 26.3 Å². The first kappa shape index (κ1) is 39.3. The van der Waals surface area contributed by atoms with Crippen molar-refractivity contribution in [1.82, 2.24) is 0 Å². The van der Waals surface area contributed by atoms with E-state index in [2.05, 4.69) is 48.5 Å². The molecule has 4 saturated carbocycles. The van der Waals surface area contributed by atoms with Gasteiger partial charge in [-0.05, 0) is 129 Å². The summed E-state index contributed by atoms with van der Waals surface area (Å²) in [5.74, 6) is 7.20. The third-order valence-electron chi connectivity index (χ3n) is 15.6. The summed E-state index contributed by atoms with van der Waals surface area (Å²) >= 11 is 0. The van der Waals surface area contributed by atoms with E-state index in [1.165, 1.54) is 141 Å². The van der Waals surface area contributed by atoms with E-state index in [0.717, 1.165) is 66.6 Å². The zero-order chi connectivity index (χ0) is 33.9. The Kier molecular flexibility index (Phi) is 16.0. The maximum atomic E-state index is 12.8. The second-order valence-electron chi connectivity index (χ2n) is 18.7. The molecular formula is C45H82O2. The number of ether oxygens (including phenoxy) is 1. The third kappa shape index (κ3) is 10.3. The van der Waals surface area contributed by atoms with Crippen LogP contribution < -0.4 is 0 Å². The average molecular weight is 655 g/mol. The van der Waals surface area contributed by atoms with E-state index in [9.17, 15) is 4.79 Å². The predicted molar refractivity (Wildman–Crippen MR) is 202 cm³/mol. The van der Waals surface area contributed by atoms with Crippen molar-refractivity contribution in [3.8, 4) is 0 Å². The molecule has 0 spiro atoms. The first-order chi connectivity index (χ1) is 22.6. The van der Waals surface area contributed by atoms with Crippen LogP contribution in [0.2, 0.25) is 0 Å². The summed E-state index contributed by atoms with van der Waals surface area (Å²) < 4.78 is 6.18. The highest BCUT2D eigenvalue weighted by Crippen LogP contribution is 2.68. The molecule has 0 heterocycles. The molecule has 47 heavy (non-hydrogen) atoms. The van der Waals surface area contributed by atoms with Crippen molar-refractivity contribution in [2.75, 3.05) is 0 Å². The fourth-order valence-corrected chi connectivity index (χ4v) is 12.5. The molecule has 2 nitrogen and oxygen atoms in total. The van der Waals surface area contributed by atoms with Crippen molar-refractivity contribution in [2.45, 2.75) is 222 Å². The molecule has 2 heteroatoms. The molecule has 4 rings (SSSR count). The van der Waals surface area contributed by atoms with Gasteiger partial charge in [0, 0.05) is 6.42 Å². The summed E-state index contributed by atoms with van der Waals surface area (Å²) in [5, 5.41) is 0. The standard InChI is InChI=1S/C45H82O2/c1-8-10-11-12-13-14-15-16-17-18-19-20-21-22-43(46)47-38-29-31-44(6)37(33-38)25-26-39-41-28-27-40(45(41,7)32-30-42(39)44)35(5)23-24-36(9-2)34(3)4/h34-42H,8-33H2,1-7H3/t35-,36-,37+,38+,39+,40-,41+,42+,44+,45-/m1/s1. The Bertz CT molecular complexity index is 894. The van der Waals surface area contributed by atoms with E-state index in [4.69, 9.17) is 4.74 Å². The maximum absolute atomic E-state index is 12.8. The van der Waals surface area contributed by atoms with Crippen LogP contribution in [0.5, 0.6) is 0 Å². The zero-order valence-corrected chi connectivity index (χ0v) is 32.9. The van der Waals surface area contributed by atoms with Crippen LogP contribution in [0.15, 0.2) is 0 Å². The minimum Gasteiger partial charge on any atom is -0.462 e. The van der Waals surface area contributed by atoms with Crippen LogP contribution in [0.1, 0.15) is 215 Å². The lowest BCUT2D eigenvalue weighted by Gasteiger charge is -2.61. The van der Waals surface area contributed by atoms with Gasteiger partial charge >= 0.3 is 5.97 Å². The Labute approximate surface area is 294 Å². The van der Waals surface area contributed by atoms with Gasteiger partial charge in [0.05, 0.1) is 0 Å². The second-order valence-corrected chi connectivity index (χ2v) is 18.7. The summed E-state index contributed by atoms with van der Waals surface area (Å²) in [6, 6.07) is 0. The van der Waals surface area contributed by atoms with Gasteiger partial charge in [-0.3, -0.25) is 4.79 Å². The zero-order valence-electron chi connectivity index (χ0n) is 32.9. The number of carbonyl (C=O) groups excluding carboxylic acids is 1. The molecule has 0 aliphatic heterocycles. The van der Waals surface area contributed by atoms with E-state index in [0.29, 0.717) is 17.3 Å². The summed E-state index contributed by atoms with van der Waals surface area (Å²) in [6.07, 6.45) is 34.8. The van der Waals surface area contributed by atoms with E-state index >= 15 is 0 Å². The minimum atomic E-state index is 0.0913. The Hall–Kier alpha value is -0.530. The van der Waals surface area contributed by atoms with Crippen molar-refractivity contribution in [2.24, 2.45) is 58.2 Å². The predicted octanol–water partition coefficient (Wildman–Crippen LogP) is 14.1. The molecule has 0 bridgehead atoms. The lowest BCUT2D eigenvalue weighted by atomic mass is 9.44. The van der Waals surface area contributed by atoms with Gasteiger partial charge in [0.1, 0.15) is 6.10 Å². The smallest absolute Gasteiger partial charge is 0.306 e. The van der Waals surface area contributed by atoms with Gasteiger partial charge in [-0.15, -0.1) is 0 Å². The molecule has 0 saturated heterocycles. The summed E-state index contributed by atoms with van der Waals surface area (Å²) in [4.78, 5) is 12.8. The molecule has 274 valence electrons. The van der Waals surface area contributed by atoms with Crippen molar-refractivity contribution in [3.63, 3.8) is 0 Å². The van der Waals surface area contributed by atoms with Gasteiger partial charge in [0.25, 0.3) is 0 Å². The Balaban J connectivity index is 1.14. The molecule has 4 aliphatic carbocycles. The summed E-state index contributed by atoms with van der Waals surface area (Å²) in [7, 11) is 0. The number of hydrogen-bond acceptors (Lipinski definition) is 2. The van der Waals surface area contributed by atoms with Crippen LogP contribution in [0.25, 0.3) is 0 Å². The highest BCUT2D eigenvalue weighted by atomic mass is 16.5. The Morgan fingerprint density at radius 3 is 1.89 bits per heavy atom. The van der Waals surface area contributed by atoms with Crippen LogP contribution >= 0.6 is 0 Å². The molecule has 10 atom stereocenters. The fourth-order valence-electron chi connectivity index (χ4n) is 12.5. The fraction of sp³-hybridized carbons (Fsp3) is 0.978. The summed E-state index contributed by atoms with van der Waals surface area (Å²) in [6.45, 7) is 17.6. The highest BCUT2D eigenvalue weighted by molar-refractivity contribution is 5.69. The van der Waals surface area contributed by atoms with E-state index < -0.39 is 0 Å². The molecule has 0 amide bonds. The van der Waals surface area contributed by atoms with Crippen LogP contribution in [0.3, 0.4) is 0 Å². The Morgan fingerprint density at radius 2 is 1.28 bits per heavy atom. The number of rotatable bonds is 21. The molecule has 0 N–H and O–H groups in total. The molecule has 0 aromatic carbocycles. The van der Waals surface area contributed by atoms with E-state index in [-0.39, 0.29) is 12.1 Å². The molecule has 0 unspecified atom stereocenters. The normalized spacial score (nSPS) is 34.8. The van der Waals surface area contributed by atoms with Gasteiger partial charge < -0.3 is 4.74 Å². The van der Waals surface area contributed by atoms with Gasteiger partial charge in [-0.25, -0.2) is 0 Å². The molecule has 0 aromatic heterocycles. The number of esters is 1. The first-order valence-electron chi connectivity index (χ1n) is 21.8. The lowest BCUT2D eigenvalue weighted by molar-refractivity contribution is -0.162.